The molecule has 29 heavy (non-hydrogen) atoms. The van der Waals surface area contributed by atoms with Gasteiger partial charge in [-0.1, -0.05) is 11.6 Å². The molecule has 2 N–H and O–H groups in total. The molecule has 5 rings (SSSR count). The fourth-order valence-electron chi connectivity index (χ4n) is 3.98. The number of imidazole rings is 2. The van der Waals surface area contributed by atoms with Crippen molar-refractivity contribution in [1.82, 2.24) is 29.3 Å². The number of anilines is 2. The van der Waals surface area contributed by atoms with E-state index < -0.39 is 0 Å². The van der Waals surface area contributed by atoms with Crippen molar-refractivity contribution in [1.29, 1.82) is 0 Å². The van der Waals surface area contributed by atoms with Crippen LogP contribution in [0.25, 0.3) is 16.7 Å². The fraction of sp³-hybridized carbons (Fsp3) is 0.368. The highest BCUT2D eigenvalue weighted by atomic mass is 35.5. The Morgan fingerprint density at radius 1 is 1.34 bits per heavy atom. The van der Waals surface area contributed by atoms with Crippen molar-refractivity contribution in [3.63, 3.8) is 0 Å². The number of aromatic amines is 1. The lowest BCUT2D eigenvalue weighted by molar-refractivity contribution is 0.121. The van der Waals surface area contributed by atoms with Crippen molar-refractivity contribution in [2.45, 2.75) is 25.5 Å². The number of hydrogen-bond acceptors (Lipinski definition) is 7. The number of fused-ring (bicyclic) bond motifs is 2. The van der Waals surface area contributed by atoms with Gasteiger partial charge in [0.25, 0.3) is 0 Å². The second kappa shape index (κ2) is 7.16. The molecule has 1 fully saturated rings. The van der Waals surface area contributed by atoms with Gasteiger partial charge in [-0.2, -0.15) is 0 Å². The number of rotatable bonds is 5. The molecule has 0 amide bonds. The van der Waals surface area contributed by atoms with Crippen LogP contribution in [0.2, 0.25) is 5.02 Å². The maximum absolute atomic E-state index is 6.59. The summed E-state index contributed by atoms with van der Waals surface area (Å²) < 4.78 is 7.63. The Balaban J connectivity index is 1.58. The Morgan fingerprint density at radius 2 is 2.24 bits per heavy atom. The molecule has 4 aromatic rings. The molecule has 0 saturated carbocycles. The highest BCUT2D eigenvalue weighted by molar-refractivity contribution is 6.34. The van der Waals surface area contributed by atoms with E-state index in [9.17, 15) is 0 Å². The van der Waals surface area contributed by atoms with Gasteiger partial charge in [0.1, 0.15) is 24.0 Å². The largest absolute Gasteiger partial charge is 0.380 e. The number of methoxy groups -OCH3 is 1. The van der Waals surface area contributed by atoms with Crippen LogP contribution in [0.1, 0.15) is 24.9 Å². The molecule has 1 aliphatic heterocycles. The lowest BCUT2D eigenvalue weighted by Crippen LogP contribution is -2.27. The van der Waals surface area contributed by atoms with Crippen molar-refractivity contribution in [3.8, 4) is 0 Å². The van der Waals surface area contributed by atoms with Gasteiger partial charge in [0.2, 0.25) is 0 Å². The third-order valence-corrected chi connectivity index (χ3v) is 5.78. The van der Waals surface area contributed by atoms with Gasteiger partial charge in [-0.05, 0) is 19.4 Å². The van der Waals surface area contributed by atoms with Crippen LogP contribution in [0.5, 0.6) is 0 Å². The van der Waals surface area contributed by atoms with E-state index in [1.165, 1.54) is 6.33 Å². The van der Waals surface area contributed by atoms with E-state index in [0.717, 1.165) is 41.9 Å². The van der Waals surface area contributed by atoms with Gasteiger partial charge < -0.3 is 19.9 Å². The molecule has 0 aliphatic carbocycles. The monoisotopic (exact) mass is 412 g/mol. The van der Waals surface area contributed by atoms with E-state index in [1.54, 1.807) is 19.6 Å². The lowest BCUT2D eigenvalue weighted by Gasteiger charge is -2.27. The predicted octanol–water partition coefficient (Wildman–Crippen LogP) is 3.05. The third-order valence-electron chi connectivity index (χ3n) is 5.47. The van der Waals surface area contributed by atoms with Gasteiger partial charge in [0.05, 0.1) is 35.2 Å². The van der Waals surface area contributed by atoms with Crippen LogP contribution in [0, 0.1) is 0 Å². The summed E-state index contributed by atoms with van der Waals surface area (Å²) in [5.74, 6) is 1.76. The topological polar surface area (TPSA) is 96.3 Å². The molecule has 0 spiro atoms. The maximum Gasteiger partial charge on any atom is 0.182 e. The summed E-state index contributed by atoms with van der Waals surface area (Å²) in [5, 5.41) is 4.15. The molecule has 2 atom stereocenters. The number of ether oxygens (including phenoxy) is 1. The fourth-order valence-corrected chi connectivity index (χ4v) is 4.24. The number of aromatic nitrogens is 6. The van der Waals surface area contributed by atoms with Crippen LogP contribution in [0.15, 0.2) is 31.2 Å². The summed E-state index contributed by atoms with van der Waals surface area (Å²) in [7, 11) is 1.76. The van der Waals surface area contributed by atoms with Crippen LogP contribution < -0.4 is 10.2 Å². The Morgan fingerprint density at radius 3 is 3.07 bits per heavy atom. The van der Waals surface area contributed by atoms with Crippen molar-refractivity contribution in [3.05, 3.63) is 41.8 Å². The van der Waals surface area contributed by atoms with Crippen LogP contribution in [0.4, 0.5) is 11.6 Å². The lowest BCUT2D eigenvalue weighted by atomic mass is 10.1. The molecular weight excluding hydrogens is 392 g/mol. The summed E-state index contributed by atoms with van der Waals surface area (Å²) in [6.45, 7) is 3.82. The molecule has 0 bridgehead atoms. The molecule has 1 unspecified atom stereocenters. The summed E-state index contributed by atoms with van der Waals surface area (Å²) in [5.41, 5.74) is 3.34. The number of nitrogens with one attached hydrogen (secondary N) is 2. The molecule has 1 saturated heterocycles. The zero-order chi connectivity index (χ0) is 20.0. The normalized spacial score (nSPS) is 18.0. The average Bonchev–Trinajstić information content (AvgIpc) is 3.47. The zero-order valence-electron chi connectivity index (χ0n) is 16.1. The van der Waals surface area contributed by atoms with Gasteiger partial charge >= 0.3 is 0 Å². The second-order valence-corrected chi connectivity index (χ2v) is 7.61. The van der Waals surface area contributed by atoms with Crippen LogP contribution >= 0.6 is 11.6 Å². The predicted molar refractivity (Wildman–Crippen MR) is 112 cm³/mol. The summed E-state index contributed by atoms with van der Waals surface area (Å²) in [4.78, 5) is 22.5. The number of halogens is 1. The van der Waals surface area contributed by atoms with Crippen molar-refractivity contribution < 1.29 is 4.74 Å². The van der Waals surface area contributed by atoms with Gasteiger partial charge in [0, 0.05) is 25.8 Å². The second-order valence-electron chi connectivity index (χ2n) is 7.20. The van der Waals surface area contributed by atoms with Crippen molar-refractivity contribution in [2.75, 3.05) is 30.4 Å². The minimum atomic E-state index is -0.0719. The summed E-state index contributed by atoms with van der Waals surface area (Å²) in [6, 6.07) is 1.94. The summed E-state index contributed by atoms with van der Waals surface area (Å²) >= 11 is 6.59. The van der Waals surface area contributed by atoms with Crippen LogP contribution in [-0.4, -0.2) is 55.6 Å². The first-order valence-electron chi connectivity index (χ1n) is 9.48. The minimum absolute atomic E-state index is 0.0719. The van der Waals surface area contributed by atoms with Crippen LogP contribution in [-0.2, 0) is 4.74 Å². The van der Waals surface area contributed by atoms with Crippen molar-refractivity contribution in [2.24, 2.45) is 0 Å². The Hall–Kier alpha value is -2.91. The van der Waals surface area contributed by atoms with Gasteiger partial charge in [0.15, 0.2) is 11.5 Å². The first-order valence-corrected chi connectivity index (χ1v) is 9.86. The Bertz CT molecular complexity index is 1170. The van der Waals surface area contributed by atoms with Crippen LogP contribution in [0.3, 0.4) is 0 Å². The number of H-pyrrole nitrogens is 1. The SMILES string of the molecule is CO[C@H]1CCN(c2c(C(C)Nc3ncnc4nc[nH]c34)cc(Cl)c3cncn23)C1. The molecule has 10 heteroatoms. The molecule has 0 radical (unpaired) electrons. The molecular formula is C19H21ClN8O. The number of nitrogens with zero attached hydrogens (tertiary/aromatic N) is 6. The molecule has 9 nitrogen and oxygen atoms in total. The highest BCUT2D eigenvalue weighted by Crippen LogP contribution is 2.36. The molecule has 1 aliphatic rings. The summed E-state index contributed by atoms with van der Waals surface area (Å²) in [6.07, 6.45) is 7.92. The van der Waals surface area contributed by atoms with Gasteiger partial charge in [-0.15, -0.1) is 0 Å². The zero-order valence-corrected chi connectivity index (χ0v) is 16.9. The first kappa shape index (κ1) is 18.1. The number of pyridine rings is 1. The quantitative estimate of drug-likeness (QED) is 0.520. The standard InChI is InChI=1S/C19H21ClN8O/c1-11(26-18-16-17(23-8-22-16)24-9-25-18)13-5-14(20)15-6-21-10-28(15)19(13)27-4-3-12(7-27)29-2/h5-6,8-12H,3-4,7H2,1-2H3,(H2,22,23,24,25,26)/t11?,12-/m0/s1. The minimum Gasteiger partial charge on any atom is -0.380 e. The van der Waals surface area contributed by atoms with E-state index in [2.05, 4.69) is 46.5 Å². The van der Waals surface area contributed by atoms with E-state index in [0.29, 0.717) is 16.5 Å². The Labute approximate surface area is 172 Å². The highest BCUT2D eigenvalue weighted by Gasteiger charge is 2.28. The Kier molecular flexibility index (Phi) is 4.48. The van der Waals surface area contributed by atoms with E-state index in [1.807, 2.05) is 12.4 Å². The molecule has 5 heterocycles. The molecule has 4 aromatic heterocycles. The average molecular weight is 413 g/mol. The first-order chi connectivity index (χ1) is 14.2. The van der Waals surface area contributed by atoms with Gasteiger partial charge in [-0.25, -0.2) is 19.9 Å². The van der Waals surface area contributed by atoms with E-state index >= 15 is 0 Å². The third kappa shape index (κ3) is 3.06. The van der Waals surface area contributed by atoms with E-state index in [4.69, 9.17) is 16.3 Å². The maximum atomic E-state index is 6.59. The molecule has 0 aromatic carbocycles. The molecule has 150 valence electrons. The number of hydrogen-bond donors (Lipinski definition) is 2. The van der Waals surface area contributed by atoms with Gasteiger partial charge in [-0.3, -0.25) is 4.40 Å². The van der Waals surface area contributed by atoms with Crippen molar-refractivity contribution >= 4 is 39.9 Å². The van der Waals surface area contributed by atoms with E-state index in [-0.39, 0.29) is 12.1 Å². The smallest absolute Gasteiger partial charge is 0.182 e.